The van der Waals surface area contributed by atoms with Gasteiger partial charge in [-0.25, -0.2) is 9.59 Å². The number of carbonyl (C=O) groups excluding carboxylic acids is 2. The monoisotopic (exact) mass is 545 g/mol. The molecule has 3 atom stereocenters. The van der Waals surface area contributed by atoms with Crippen molar-refractivity contribution in [3.63, 3.8) is 0 Å². The summed E-state index contributed by atoms with van der Waals surface area (Å²) in [6.07, 6.45) is 10.7. The Balaban J connectivity index is 2.02. The van der Waals surface area contributed by atoms with Crippen molar-refractivity contribution in [2.24, 2.45) is 11.8 Å². The summed E-state index contributed by atoms with van der Waals surface area (Å²) in [5.74, 6) is -1.04. The minimum absolute atomic E-state index is 0.00409. The standard InChI is InChI=1S/C30H43NO6S/c1-7-8-9-10-14-23-18-38-26(22(23)5)16-20(3)21(4)28(33)27-24(32)17-25(37-29(27)34)19(2)13-11-12-15-31-30(35)36-6/h12,15,17-21,32H,7-11,13-14,16H2,1-6H3,(H,31,35)/b15-12+. The van der Waals surface area contributed by atoms with Crippen LogP contribution in [0.2, 0.25) is 0 Å². The minimum atomic E-state index is -0.805. The number of nitrogens with one attached hydrogen (secondary N) is 1. The predicted molar refractivity (Wildman–Crippen MR) is 152 cm³/mol. The van der Waals surface area contributed by atoms with Crippen LogP contribution < -0.4 is 10.9 Å². The predicted octanol–water partition coefficient (Wildman–Crippen LogP) is 7.29. The smallest absolute Gasteiger partial charge is 0.410 e. The molecule has 0 aliphatic carbocycles. The molecule has 8 heteroatoms. The fourth-order valence-electron chi connectivity index (χ4n) is 4.37. The Kier molecular flexibility index (Phi) is 12.8. The van der Waals surface area contributed by atoms with Crippen LogP contribution in [0.3, 0.4) is 0 Å². The van der Waals surface area contributed by atoms with Crippen molar-refractivity contribution in [3.05, 3.63) is 61.5 Å². The van der Waals surface area contributed by atoms with Gasteiger partial charge in [0.2, 0.25) is 0 Å². The normalized spacial score (nSPS) is 13.8. The van der Waals surface area contributed by atoms with Crippen LogP contribution in [-0.2, 0) is 17.6 Å². The van der Waals surface area contributed by atoms with E-state index in [1.807, 2.05) is 20.8 Å². The van der Waals surface area contributed by atoms with Crippen molar-refractivity contribution >= 4 is 23.2 Å². The minimum Gasteiger partial charge on any atom is -0.507 e. The number of alkyl carbamates (subject to hydrolysis) is 1. The number of allylic oxidation sites excluding steroid dienone is 1. The second-order valence-electron chi connectivity index (χ2n) is 10.2. The Morgan fingerprint density at radius 1 is 1.21 bits per heavy atom. The van der Waals surface area contributed by atoms with Crippen LogP contribution in [0.25, 0.3) is 0 Å². The zero-order valence-corrected chi connectivity index (χ0v) is 24.4. The highest BCUT2D eigenvalue weighted by Crippen LogP contribution is 2.31. The van der Waals surface area contributed by atoms with Crippen LogP contribution in [-0.4, -0.2) is 24.1 Å². The maximum atomic E-state index is 13.2. The fourth-order valence-corrected chi connectivity index (χ4v) is 5.62. The van der Waals surface area contributed by atoms with Gasteiger partial charge < -0.3 is 14.3 Å². The number of ketones is 1. The molecular weight excluding hydrogens is 502 g/mol. The molecule has 0 saturated carbocycles. The first-order valence-electron chi connectivity index (χ1n) is 13.6. The van der Waals surface area contributed by atoms with E-state index in [9.17, 15) is 19.5 Å². The molecular formula is C30H43NO6S. The Bertz CT molecular complexity index is 1150. The average molecular weight is 546 g/mol. The first kappa shape index (κ1) is 31.3. The van der Waals surface area contributed by atoms with Gasteiger partial charge in [-0.3, -0.25) is 10.1 Å². The highest BCUT2D eigenvalue weighted by molar-refractivity contribution is 7.10. The van der Waals surface area contributed by atoms with Crippen LogP contribution in [0.1, 0.15) is 104 Å². The number of amides is 1. The van der Waals surface area contributed by atoms with Gasteiger partial charge in [-0.05, 0) is 61.5 Å². The van der Waals surface area contributed by atoms with Crippen molar-refractivity contribution in [2.45, 2.75) is 91.9 Å². The number of methoxy groups -OCH3 is 1. The summed E-state index contributed by atoms with van der Waals surface area (Å²) in [6, 6.07) is 1.38. The van der Waals surface area contributed by atoms with Gasteiger partial charge in [-0.15, -0.1) is 11.3 Å². The molecule has 1 amide bonds. The lowest BCUT2D eigenvalue weighted by Gasteiger charge is -2.19. The highest BCUT2D eigenvalue weighted by Gasteiger charge is 2.29. The molecule has 0 fully saturated rings. The number of rotatable bonds is 15. The number of aromatic hydroxyl groups is 1. The summed E-state index contributed by atoms with van der Waals surface area (Å²) >= 11 is 1.74. The molecule has 2 N–H and O–H groups in total. The summed E-state index contributed by atoms with van der Waals surface area (Å²) in [6.45, 7) is 10.1. The van der Waals surface area contributed by atoms with Gasteiger partial charge in [0.05, 0.1) is 7.11 Å². The molecule has 2 heterocycles. The van der Waals surface area contributed by atoms with E-state index in [0.29, 0.717) is 18.6 Å². The maximum Gasteiger partial charge on any atom is 0.410 e. The molecule has 0 aromatic carbocycles. The van der Waals surface area contributed by atoms with E-state index in [4.69, 9.17) is 4.42 Å². The van der Waals surface area contributed by atoms with Gasteiger partial charge >= 0.3 is 11.7 Å². The number of ether oxygens (including phenoxy) is 1. The second kappa shape index (κ2) is 15.5. The van der Waals surface area contributed by atoms with Crippen LogP contribution >= 0.6 is 11.3 Å². The summed E-state index contributed by atoms with van der Waals surface area (Å²) in [5.41, 5.74) is 1.63. The van der Waals surface area contributed by atoms with Crippen molar-refractivity contribution < 1.29 is 23.8 Å². The lowest BCUT2D eigenvalue weighted by molar-refractivity contribution is 0.0885. The largest absolute Gasteiger partial charge is 0.507 e. The second-order valence-corrected chi connectivity index (χ2v) is 11.1. The SMILES string of the molecule is CCCCCCc1csc(CC(C)C(C)C(=O)c2c(O)cc(C(C)CC/C=C/NC(=O)OC)oc2=O)c1C. The van der Waals surface area contributed by atoms with Crippen LogP contribution in [0.4, 0.5) is 4.79 Å². The van der Waals surface area contributed by atoms with E-state index in [0.717, 1.165) is 12.8 Å². The molecule has 7 nitrogen and oxygen atoms in total. The van der Waals surface area contributed by atoms with E-state index in [-0.39, 0.29) is 23.1 Å². The summed E-state index contributed by atoms with van der Waals surface area (Å²) in [5, 5.41) is 15.3. The summed E-state index contributed by atoms with van der Waals surface area (Å²) in [7, 11) is 1.28. The van der Waals surface area contributed by atoms with Crippen LogP contribution in [0.5, 0.6) is 5.75 Å². The third-order valence-electron chi connectivity index (χ3n) is 7.27. The summed E-state index contributed by atoms with van der Waals surface area (Å²) < 4.78 is 9.95. The lowest BCUT2D eigenvalue weighted by atomic mass is 9.85. The fraction of sp³-hybridized carbons (Fsp3) is 0.567. The molecule has 0 radical (unpaired) electrons. The lowest BCUT2D eigenvalue weighted by Crippen LogP contribution is -2.26. The number of hydrogen-bond donors (Lipinski definition) is 2. The molecule has 0 aliphatic heterocycles. The molecule has 0 aliphatic rings. The van der Waals surface area contributed by atoms with E-state index in [1.54, 1.807) is 17.4 Å². The number of thiophene rings is 1. The Hall–Kier alpha value is -2.87. The molecule has 2 rings (SSSR count). The zero-order chi connectivity index (χ0) is 28.2. The third kappa shape index (κ3) is 8.86. The van der Waals surface area contributed by atoms with Gasteiger partial charge in [-0.1, -0.05) is 53.0 Å². The Labute approximate surface area is 230 Å². The van der Waals surface area contributed by atoms with Gasteiger partial charge in [0.15, 0.2) is 5.78 Å². The van der Waals surface area contributed by atoms with Crippen molar-refractivity contribution in [1.82, 2.24) is 5.32 Å². The number of Topliss-reactive ketones (excluding diaryl/α,β-unsaturated/α-hetero) is 1. The zero-order valence-electron chi connectivity index (χ0n) is 23.6. The van der Waals surface area contributed by atoms with Crippen molar-refractivity contribution in [2.75, 3.05) is 7.11 Å². The number of hydrogen-bond acceptors (Lipinski definition) is 7. The van der Waals surface area contributed by atoms with E-state index in [2.05, 4.69) is 29.3 Å². The molecule has 0 saturated heterocycles. The van der Waals surface area contributed by atoms with Gasteiger partial charge in [0.1, 0.15) is 17.1 Å². The van der Waals surface area contributed by atoms with Gasteiger partial charge in [0.25, 0.3) is 0 Å². The molecule has 3 unspecified atom stereocenters. The quantitative estimate of drug-likeness (QED) is 0.180. The Morgan fingerprint density at radius 2 is 1.95 bits per heavy atom. The average Bonchev–Trinajstić information content (AvgIpc) is 3.23. The molecule has 2 aromatic rings. The van der Waals surface area contributed by atoms with Gasteiger partial charge in [0, 0.05) is 29.0 Å². The van der Waals surface area contributed by atoms with E-state index >= 15 is 0 Å². The van der Waals surface area contributed by atoms with Crippen molar-refractivity contribution in [3.8, 4) is 5.75 Å². The number of carbonyl (C=O) groups is 2. The van der Waals surface area contributed by atoms with Gasteiger partial charge in [-0.2, -0.15) is 0 Å². The van der Waals surface area contributed by atoms with Crippen LogP contribution in [0.15, 0.2) is 32.9 Å². The summed E-state index contributed by atoms with van der Waals surface area (Å²) in [4.78, 5) is 38.3. The molecule has 0 spiro atoms. The molecule has 0 bridgehead atoms. The topological polar surface area (TPSA) is 106 Å². The highest BCUT2D eigenvalue weighted by atomic mass is 32.1. The molecule has 210 valence electrons. The third-order valence-corrected chi connectivity index (χ3v) is 8.43. The molecule has 38 heavy (non-hydrogen) atoms. The number of unbranched alkanes of at least 4 members (excludes halogenated alkanes) is 3. The van der Waals surface area contributed by atoms with Crippen molar-refractivity contribution in [1.29, 1.82) is 0 Å². The number of aryl methyl sites for hydroxylation is 1. The first-order valence-corrected chi connectivity index (χ1v) is 14.4. The van der Waals surface area contributed by atoms with E-state index < -0.39 is 23.4 Å². The Morgan fingerprint density at radius 3 is 2.61 bits per heavy atom. The maximum absolute atomic E-state index is 13.2. The first-order chi connectivity index (χ1) is 18.1. The van der Waals surface area contributed by atoms with E-state index in [1.165, 1.54) is 61.1 Å². The molecule has 2 aromatic heterocycles. The van der Waals surface area contributed by atoms with Crippen LogP contribution in [0, 0.1) is 18.8 Å².